The van der Waals surface area contributed by atoms with Gasteiger partial charge in [0.25, 0.3) is 0 Å². The van der Waals surface area contributed by atoms with Gasteiger partial charge in [-0.05, 0) is 56.9 Å². The van der Waals surface area contributed by atoms with Crippen LogP contribution in [-0.4, -0.2) is 18.3 Å². The second kappa shape index (κ2) is 6.79. The van der Waals surface area contributed by atoms with E-state index >= 15 is 0 Å². The predicted octanol–water partition coefficient (Wildman–Crippen LogP) is 4.21. The number of ketones is 1. The molecule has 100 valence electrons. The molecule has 0 atom stereocenters. The number of rotatable bonds is 6. The van der Waals surface area contributed by atoms with E-state index in [2.05, 4.69) is 0 Å². The molecule has 0 unspecified atom stereocenters. The molecule has 0 aliphatic rings. The van der Waals surface area contributed by atoms with Gasteiger partial charge in [0.2, 0.25) is 0 Å². The molecule has 0 amide bonds. The lowest BCUT2D eigenvalue weighted by Gasteiger charge is -2.16. The molecular formula is C15H21ClO2. The van der Waals surface area contributed by atoms with E-state index in [1.165, 1.54) is 0 Å². The Balaban J connectivity index is 3.13. The topological polar surface area (TPSA) is 26.3 Å². The van der Waals surface area contributed by atoms with E-state index in [1.807, 2.05) is 33.8 Å². The summed E-state index contributed by atoms with van der Waals surface area (Å²) < 4.78 is 5.58. The van der Waals surface area contributed by atoms with Crippen LogP contribution in [0.5, 0.6) is 5.75 Å². The van der Waals surface area contributed by atoms with E-state index < -0.39 is 0 Å². The Labute approximate surface area is 114 Å². The van der Waals surface area contributed by atoms with Crippen LogP contribution in [0.3, 0.4) is 0 Å². The molecule has 2 nitrogen and oxygen atoms in total. The van der Waals surface area contributed by atoms with Crippen molar-refractivity contribution in [3.63, 3.8) is 0 Å². The fourth-order valence-electron chi connectivity index (χ4n) is 2.13. The SMILES string of the molecule is CCOc1cc(C)c(C(=O)CCCCl)c(C)c1C. The van der Waals surface area contributed by atoms with Gasteiger partial charge >= 0.3 is 0 Å². The van der Waals surface area contributed by atoms with Crippen LogP contribution >= 0.6 is 11.6 Å². The molecule has 18 heavy (non-hydrogen) atoms. The van der Waals surface area contributed by atoms with E-state index in [1.54, 1.807) is 0 Å². The summed E-state index contributed by atoms with van der Waals surface area (Å²) in [5.74, 6) is 1.58. The van der Waals surface area contributed by atoms with Gasteiger partial charge in [0.1, 0.15) is 5.75 Å². The lowest BCUT2D eigenvalue weighted by molar-refractivity contribution is 0.0980. The number of Topliss-reactive ketones (excluding diaryl/α,β-unsaturated/α-hetero) is 1. The standard InChI is InChI=1S/C15H21ClO2/c1-5-18-14-9-10(2)15(12(4)11(14)3)13(17)7-6-8-16/h9H,5-8H2,1-4H3. The molecule has 0 N–H and O–H groups in total. The number of hydrogen-bond acceptors (Lipinski definition) is 2. The Hall–Kier alpha value is -1.02. The Bertz CT molecular complexity index is 439. The molecule has 1 rings (SSSR count). The van der Waals surface area contributed by atoms with Crippen molar-refractivity contribution in [1.82, 2.24) is 0 Å². The van der Waals surface area contributed by atoms with Crippen LogP contribution in [0.25, 0.3) is 0 Å². The zero-order valence-electron chi connectivity index (χ0n) is 11.6. The number of carbonyl (C=O) groups excluding carboxylic acids is 1. The first kappa shape index (κ1) is 15.0. The van der Waals surface area contributed by atoms with E-state index in [9.17, 15) is 4.79 Å². The largest absolute Gasteiger partial charge is 0.494 e. The molecule has 0 heterocycles. The molecule has 0 aromatic heterocycles. The molecule has 0 aliphatic heterocycles. The van der Waals surface area contributed by atoms with Crippen molar-refractivity contribution in [2.24, 2.45) is 0 Å². The maximum absolute atomic E-state index is 12.2. The van der Waals surface area contributed by atoms with Crippen LogP contribution in [0.2, 0.25) is 0 Å². The molecule has 0 aliphatic carbocycles. The monoisotopic (exact) mass is 268 g/mol. The molecule has 0 bridgehead atoms. The normalized spacial score (nSPS) is 10.5. The summed E-state index contributed by atoms with van der Waals surface area (Å²) in [6.07, 6.45) is 1.24. The molecular weight excluding hydrogens is 248 g/mol. The molecule has 1 aromatic rings. The van der Waals surface area contributed by atoms with Gasteiger partial charge < -0.3 is 4.74 Å². The van der Waals surface area contributed by atoms with E-state index in [0.717, 1.165) is 34.4 Å². The van der Waals surface area contributed by atoms with Crippen molar-refractivity contribution in [1.29, 1.82) is 0 Å². The Morgan fingerprint density at radius 3 is 2.50 bits per heavy atom. The lowest BCUT2D eigenvalue weighted by Crippen LogP contribution is -2.08. The van der Waals surface area contributed by atoms with Gasteiger partial charge in [-0.3, -0.25) is 4.79 Å². The van der Waals surface area contributed by atoms with Crippen molar-refractivity contribution in [3.05, 3.63) is 28.3 Å². The highest BCUT2D eigenvalue weighted by Gasteiger charge is 2.16. The van der Waals surface area contributed by atoms with Crippen LogP contribution in [0, 0.1) is 20.8 Å². The van der Waals surface area contributed by atoms with Crippen LogP contribution < -0.4 is 4.74 Å². The second-order valence-electron chi connectivity index (χ2n) is 4.47. The van der Waals surface area contributed by atoms with Gasteiger partial charge in [0.05, 0.1) is 6.61 Å². The number of benzene rings is 1. The van der Waals surface area contributed by atoms with Crippen LogP contribution in [0.1, 0.15) is 46.8 Å². The molecule has 0 fully saturated rings. The van der Waals surface area contributed by atoms with Gasteiger partial charge in [0, 0.05) is 17.9 Å². The zero-order chi connectivity index (χ0) is 13.7. The third kappa shape index (κ3) is 3.26. The van der Waals surface area contributed by atoms with Crippen molar-refractivity contribution in [2.45, 2.75) is 40.5 Å². The summed E-state index contributed by atoms with van der Waals surface area (Å²) in [6, 6.07) is 1.96. The van der Waals surface area contributed by atoms with Gasteiger partial charge in [-0.2, -0.15) is 0 Å². The zero-order valence-corrected chi connectivity index (χ0v) is 12.4. The summed E-state index contributed by atoms with van der Waals surface area (Å²) in [7, 11) is 0. The average molecular weight is 269 g/mol. The van der Waals surface area contributed by atoms with E-state index in [-0.39, 0.29) is 5.78 Å². The summed E-state index contributed by atoms with van der Waals surface area (Å²) in [5.41, 5.74) is 3.90. The molecule has 0 saturated carbocycles. The van der Waals surface area contributed by atoms with E-state index in [4.69, 9.17) is 16.3 Å². The van der Waals surface area contributed by atoms with Gasteiger partial charge in [0.15, 0.2) is 5.78 Å². The third-order valence-electron chi connectivity index (χ3n) is 3.17. The first-order valence-electron chi connectivity index (χ1n) is 6.35. The Kier molecular flexibility index (Phi) is 5.67. The highest BCUT2D eigenvalue weighted by atomic mass is 35.5. The first-order chi connectivity index (χ1) is 8.52. The second-order valence-corrected chi connectivity index (χ2v) is 4.84. The highest BCUT2D eigenvalue weighted by Crippen LogP contribution is 2.28. The molecule has 0 spiro atoms. The molecule has 0 saturated heterocycles. The average Bonchev–Trinajstić information content (AvgIpc) is 2.33. The Morgan fingerprint density at radius 2 is 1.94 bits per heavy atom. The number of carbonyl (C=O) groups is 1. The highest BCUT2D eigenvalue weighted by molar-refractivity contribution is 6.18. The minimum absolute atomic E-state index is 0.178. The predicted molar refractivity (Wildman–Crippen MR) is 76.1 cm³/mol. The quantitative estimate of drug-likeness (QED) is 0.571. The third-order valence-corrected chi connectivity index (χ3v) is 3.43. The number of alkyl halides is 1. The lowest BCUT2D eigenvalue weighted by atomic mass is 9.93. The summed E-state index contributed by atoms with van der Waals surface area (Å²) >= 11 is 5.64. The maximum atomic E-state index is 12.2. The summed E-state index contributed by atoms with van der Waals surface area (Å²) in [6.45, 7) is 8.54. The minimum atomic E-state index is 0.178. The van der Waals surface area contributed by atoms with Crippen molar-refractivity contribution < 1.29 is 9.53 Å². The number of aryl methyl sites for hydroxylation is 1. The fourth-order valence-corrected chi connectivity index (χ4v) is 2.27. The summed E-state index contributed by atoms with van der Waals surface area (Å²) in [5, 5.41) is 0. The maximum Gasteiger partial charge on any atom is 0.163 e. The molecule has 1 aromatic carbocycles. The van der Waals surface area contributed by atoms with Crippen LogP contribution in [0.15, 0.2) is 6.07 Å². The first-order valence-corrected chi connectivity index (χ1v) is 6.89. The molecule has 3 heteroatoms. The smallest absolute Gasteiger partial charge is 0.163 e. The van der Waals surface area contributed by atoms with Gasteiger partial charge in [-0.25, -0.2) is 0 Å². The molecule has 0 radical (unpaired) electrons. The van der Waals surface area contributed by atoms with Crippen molar-refractivity contribution in [3.8, 4) is 5.75 Å². The van der Waals surface area contributed by atoms with Crippen molar-refractivity contribution >= 4 is 17.4 Å². The summed E-state index contributed by atoms with van der Waals surface area (Å²) in [4.78, 5) is 12.2. The van der Waals surface area contributed by atoms with Gasteiger partial charge in [-0.15, -0.1) is 11.6 Å². The van der Waals surface area contributed by atoms with Crippen LogP contribution in [-0.2, 0) is 0 Å². The van der Waals surface area contributed by atoms with E-state index in [0.29, 0.717) is 18.9 Å². The van der Waals surface area contributed by atoms with Crippen LogP contribution in [0.4, 0.5) is 0 Å². The minimum Gasteiger partial charge on any atom is -0.494 e. The number of hydrogen-bond donors (Lipinski definition) is 0. The fraction of sp³-hybridized carbons (Fsp3) is 0.533. The van der Waals surface area contributed by atoms with Crippen molar-refractivity contribution in [2.75, 3.05) is 12.5 Å². The Morgan fingerprint density at radius 1 is 1.28 bits per heavy atom. The number of ether oxygens (including phenoxy) is 1. The van der Waals surface area contributed by atoms with Gasteiger partial charge in [-0.1, -0.05) is 0 Å². The number of halogens is 1.